The van der Waals surface area contributed by atoms with Crippen molar-refractivity contribution in [1.29, 1.82) is 0 Å². The van der Waals surface area contributed by atoms with Crippen LogP contribution in [0.15, 0.2) is 30.4 Å². The Balaban J connectivity index is 3.23. The summed E-state index contributed by atoms with van der Waals surface area (Å²) in [5.41, 5.74) is 0.763. The molecular formula is C10H10N2O4. The molecule has 1 aromatic carbocycles. The first-order chi connectivity index (χ1) is 7.40. The van der Waals surface area contributed by atoms with Crippen LogP contribution in [0.2, 0.25) is 0 Å². The number of benzene rings is 1. The SMILES string of the molecule is C=C(C)Cc1cc([N+](=O)[O-])cc([N+](=O)[O-])c1. The van der Waals surface area contributed by atoms with Crippen LogP contribution >= 0.6 is 0 Å². The molecule has 0 unspecified atom stereocenters. The van der Waals surface area contributed by atoms with Crippen molar-refractivity contribution in [2.75, 3.05) is 0 Å². The number of nitrogens with zero attached hydrogens (tertiary/aromatic N) is 2. The minimum atomic E-state index is -0.644. The molecule has 84 valence electrons. The first-order valence-corrected chi connectivity index (χ1v) is 4.47. The molecule has 0 aliphatic carbocycles. The zero-order valence-corrected chi connectivity index (χ0v) is 8.67. The van der Waals surface area contributed by atoms with Crippen LogP contribution in [0, 0.1) is 20.2 Å². The van der Waals surface area contributed by atoms with Gasteiger partial charge in [0.1, 0.15) is 0 Å². The van der Waals surface area contributed by atoms with E-state index in [0.717, 1.165) is 11.6 Å². The van der Waals surface area contributed by atoms with Gasteiger partial charge in [-0.3, -0.25) is 20.2 Å². The summed E-state index contributed by atoms with van der Waals surface area (Å²) >= 11 is 0. The minimum absolute atomic E-state index is 0.273. The van der Waals surface area contributed by atoms with Crippen LogP contribution < -0.4 is 0 Å². The Morgan fingerprint density at radius 1 is 1.19 bits per heavy atom. The molecular weight excluding hydrogens is 212 g/mol. The zero-order chi connectivity index (χ0) is 12.3. The minimum Gasteiger partial charge on any atom is -0.258 e. The smallest absolute Gasteiger partial charge is 0.258 e. The molecule has 0 saturated heterocycles. The van der Waals surface area contributed by atoms with Crippen molar-refractivity contribution in [1.82, 2.24) is 0 Å². The van der Waals surface area contributed by atoms with E-state index in [1.807, 2.05) is 0 Å². The molecule has 0 radical (unpaired) electrons. The van der Waals surface area contributed by atoms with E-state index in [2.05, 4.69) is 6.58 Å². The second-order valence-electron chi connectivity index (χ2n) is 3.51. The highest BCUT2D eigenvalue weighted by molar-refractivity contribution is 5.47. The molecule has 16 heavy (non-hydrogen) atoms. The summed E-state index contributed by atoms with van der Waals surface area (Å²) in [4.78, 5) is 19.9. The van der Waals surface area contributed by atoms with Crippen molar-refractivity contribution in [3.05, 3.63) is 56.1 Å². The van der Waals surface area contributed by atoms with E-state index < -0.39 is 9.85 Å². The van der Waals surface area contributed by atoms with Gasteiger partial charge < -0.3 is 0 Å². The number of allylic oxidation sites excluding steroid dienone is 1. The van der Waals surface area contributed by atoms with Crippen LogP contribution in [-0.2, 0) is 6.42 Å². The predicted molar refractivity (Wildman–Crippen MR) is 58.3 cm³/mol. The van der Waals surface area contributed by atoms with Gasteiger partial charge in [-0.15, -0.1) is 0 Å². The molecule has 0 atom stereocenters. The Morgan fingerprint density at radius 2 is 1.62 bits per heavy atom. The molecule has 0 spiro atoms. The van der Waals surface area contributed by atoms with E-state index >= 15 is 0 Å². The van der Waals surface area contributed by atoms with Gasteiger partial charge in [0.25, 0.3) is 11.4 Å². The van der Waals surface area contributed by atoms with Crippen LogP contribution in [0.4, 0.5) is 11.4 Å². The summed E-state index contributed by atoms with van der Waals surface area (Å²) in [7, 11) is 0. The summed E-state index contributed by atoms with van der Waals surface area (Å²) in [6.45, 7) is 5.41. The van der Waals surface area contributed by atoms with Crippen LogP contribution in [-0.4, -0.2) is 9.85 Å². The first-order valence-electron chi connectivity index (χ1n) is 4.47. The van der Waals surface area contributed by atoms with E-state index in [1.54, 1.807) is 6.92 Å². The summed E-state index contributed by atoms with van der Waals surface area (Å²) in [6.07, 6.45) is 0.391. The molecule has 0 aromatic heterocycles. The first kappa shape index (κ1) is 11.8. The van der Waals surface area contributed by atoms with Gasteiger partial charge in [-0.05, 0) is 18.9 Å². The van der Waals surface area contributed by atoms with Crippen molar-refractivity contribution in [3.8, 4) is 0 Å². The molecule has 6 nitrogen and oxygen atoms in total. The van der Waals surface area contributed by atoms with Crippen molar-refractivity contribution < 1.29 is 9.85 Å². The number of hydrogen-bond donors (Lipinski definition) is 0. The van der Waals surface area contributed by atoms with Crippen molar-refractivity contribution in [2.45, 2.75) is 13.3 Å². The third kappa shape index (κ3) is 2.88. The Labute approximate surface area is 91.5 Å². The van der Waals surface area contributed by atoms with Gasteiger partial charge in [0.15, 0.2) is 0 Å². The number of nitro benzene ring substituents is 2. The normalized spacial score (nSPS) is 9.81. The molecule has 0 amide bonds. The topological polar surface area (TPSA) is 86.3 Å². The standard InChI is InChI=1S/C10H10N2O4/c1-7(2)3-8-4-9(11(13)14)6-10(5-8)12(15)16/h4-6H,1,3H2,2H3. The summed E-state index contributed by atoms with van der Waals surface area (Å²) in [5.74, 6) is 0. The van der Waals surface area contributed by atoms with Gasteiger partial charge >= 0.3 is 0 Å². The third-order valence-electron chi connectivity index (χ3n) is 1.89. The van der Waals surface area contributed by atoms with Gasteiger partial charge in [-0.1, -0.05) is 12.2 Å². The van der Waals surface area contributed by atoms with Gasteiger partial charge in [0, 0.05) is 12.1 Å². The fourth-order valence-electron chi connectivity index (χ4n) is 1.32. The lowest BCUT2D eigenvalue weighted by Gasteiger charge is -2.01. The van der Waals surface area contributed by atoms with E-state index in [9.17, 15) is 20.2 Å². The lowest BCUT2D eigenvalue weighted by atomic mass is 10.1. The quantitative estimate of drug-likeness (QED) is 0.445. The average Bonchev–Trinajstić information content (AvgIpc) is 2.15. The maximum absolute atomic E-state index is 10.6. The van der Waals surface area contributed by atoms with Gasteiger partial charge in [-0.2, -0.15) is 0 Å². The Bertz CT molecular complexity index is 436. The van der Waals surface area contributed by atoms with Crippen LogP contribution in [0.25, 0.3) is 0 Å². The fraction of sp³-hybridized carbons (Fsp3) is 0.200. The maximum atomic E-state index is 10.6. The fourth-order valence-corrected chi connectivity index (χ4v) is 1.32. The van der Waals surface area contributed by atoms with Crippen LogP contribution in [0.3, 0.4) is 0 Å². The highest BCUT2D eigenvalue weighted by Gasteiger charge is 2.16. The molecule has 0 fully saturated rings. The second-order valence-corrected chi connectivity index (χ2v) is 3.51. The summed E-state index contributed by atoms with van der Waals surface area (Å²) in [5, 5.41) is 21.1. The monoisotopic (exact) mass is 222 g/mol. The molecule has 1 rings (SSSR count). The van der Waals surface area contributed by atoms with Gasteiger partial charge in [-0.25, -0.2) is 0 Å². The Kier molecular flexibility index (Phi) is 3.34. The van der Waals surface area contributed by atoms with E-state index in [0.29, 0.717) is 12.0 Å². The lowest BCUT2D eigenvalue weighted by molar-refractivity contribution is -0.394. The largest absolute Gasteiger partial charge is 0.276 e. The molecule has 6 heteroatoms. The van der Waals surface area contributed by atoms with Gasteiger partial charge in [0.2, 0.25) is 0 Å². The molecule has 0 heterocycles. The number of rotatable bonds is 4. The van der Waals surface area contributed by atoms with Gasteiger partial charge in [0.05, 0.1) is 15.9 Å². The van der Waals surface area contributed by atoms with Crippen molar-refractivity contribution >= 4 is 11.4 Å². The summed E-state index contributed by atoms with van der Waals surface area (Å²) < 4.78 is 0. The third-order valence-corrected chi connectivity index (χ3v) is 1.89. The second kappa shape index (κ2) is 4.52. The lowest BCUT2D eigenvalue weighted by Crippen LogP contribution is -1.96. The highest BCUT2D eigenvalue weighted by atomic mass is 16.6. The number of nitro groups is 2. The molecule has 0 saturated carbocycles. The summed E-state index contributed by atoms with van der Waals surface area (Å²) in [6, 6.07) is 3.59. The Hall–Kier alpha value is -2.24. The zero-order valence-electron chi connectivity index (χ0n) is 8.67. The van der Waals surface area contributed by atoms with E-state index in [4.69, 9.17) is 0 Å². The van der Waals surface area contributed by atoms with E-state index in [1.165, 1.54) is 12.1 Å². The molecule has 0 aliphatic heterocycles. The van der Waals surface area contributed by atoms with Crippen molar-refractivity contribution in [3.63, 3.8) is 0 Å². The van der Waals surface area contributed by atoms with Crippen LogP contribution in [0.5, 0.6) is 0 Å². The van der Waals surface area contributed by atoms with Crippen molar-refractivity contribution in [2.24, 2.45) is 0 Å². The molecule has 0 bridgehead atoms. The average molecular weight is 222 g/mol. The van der Waals surface area contributed by atoms with Crippen LogP contribution in [0.1, 0.15) is 12.5 Å². The molecule has 0 N–H and O–H groups in total. The predicted octanol–water partition coefficient (Wildman–Crippen LogP) is 2.62. The number of non-ortho nitro benzene ring substituents is 2. The maximum Gasteiger partial charge on any atom is 0.276 e. The Morgan fingerprint density at radius 3 is 1.94 bits per heavy atom. The molecule has 0 aliphatic rings. The highest BCUT2D eigenvalue weighted by Crippen LogP contribution is 2.23. The molecule has 1 aromatic rings. The number of hydrogen-bond acceptors (Lipinski definition) is 4. The van der Waals surface area contributed by atoms with E-state index in [-0.39, 0.29) is 11.4 Å².